The van der Waals surface area contributed by atoms with Gasteiger partial charge in [-0.3, -0.25) is 4.79 Å². The van der Waals surface area contributed by atoms with E-state index in [4.69, 9.17) is 4.42 Å². The largest absolute Gasteiger partial charge is 0.435 e. The van der Waals surface area contributed by atoms with E-state index in [1.54, 1.807) is 12.1 Å². The topological polar surface area (TPSA) is 68.0 Å². The number of hydrogen-bond acceptors (Lipinski definition) is 4. The number of amides is 1. The van der Waals surface area contributed by atoms with Gasteiger partial charge in [0.1, 0.15) is 11.2 Å². The van der Waals surface area contributed by atoms with E-state index in [0.29, 0.717) is 28.8 Å². The van der Waals surface area contributed by atoms with Crippen molar-refractivity contribution in [3.05, 3.63) is 47.7 Å². The number of nitrogens with one attached hydrogen (secondary N) is 1. The monoisotopic (exact) mass is 335 g/mol. The van der Waals surface area contributed by atoms with Crippen LogP contribution >= 0.6 is 0 Å². The summed E-state index contributed by atoms with van der Waals surface area (Å²) in [7, 11) is 0. The Morgan fingerprint density at radius 3 is 2.76 bits per heavy atom. The third-order valence-electron chi connectivity index (χ3n) is 4.70. The van der Waals surface area contributed by atoms with E-state index in [-0.39, 0.29) is 5.91 Å². The van der Waals surface area contributed by atoms with Crippen LogP contribution in [0.3, 0.4) is 0 Å². The minimum Gasteiger partial charge on any atom is -0.435 e. The van der Waals surface area contributed by atoms with Crippen LogP contribution in [0.4, 0.5) is 0 Å². The fourth-order valence-corrected chi connectivity index (χ4v) is 3.35. The van der Waals surface area contributed by atoms with Crippen molar-refractivity contribution in [2.24, 2.45) is 0 Å². The SMILES string of the molecule is Cc1cccc(-c2nc3ccc(C(=O)NC4CCCCC4)cc3o2)n1. The van der Waals surface area contributed by atoms with Gasteiger partial charge in [0, 0.05) is 17.3 Å². The summed E-state index contributed by atoms with van der Waals surface area (Å²) in [5, 5.41) is 3.13. The molecule has 4 rings (SSSR count). The molecule has 1 aliphatic carbocycles. The van der Waals surface area contributed by atoms with Gasteiger partial charge in [0.2, 0.25) is 5.89 Å². The lowest BCUT2D eigenvalue weighted by molar-refractivity contribution is 0.0927. The Balaban J connectivity index is 1.58. The molecule has 25 heavy (non-hydrogen) atoms. The summed E-state index contributed by atoms with van der Waals surface area (Å²) in [5.41, 5.74) is 3.55. The highest BCUT2D eigenvalue weighted by molar-refractivity contribution is 5.97. The van der Waals surface area contributed by atoms with Crippen molar-refractivity contribution in [2.75, 3.05) is 0 Å². The molecule has 1 amide bonds. The zero-order valence-corrected chi connectivity index (χ0v) is 14.3. The van der Waals surface area contributed by atoms with E-state index < -0.39 is 0 Å². The molecule has 1 N–H and O–H groups in total. The number of nitrogens with zero attached hydrogens (tertiary/aromatic N) is 2. The van der Waals surface area contributed by atoms with Gasteiger partial charge in [0.15, 0.2) is 5.58 Å². The van der Waals surface area contributed by atoms with Crippen LogP contribution in [0.2, 0.25) is 0 Å². The molecule has 2 heterocycles. The predicted molar refractivity (Wildman–Crippen MR) is 96.3 cm³/mol. The van der Waals surface area contributed by atoms with Gasteiger partial charge < -0.3 is 9.73 Å². The molecule has 0 radical (unpaired) electrons. The Hall–Kier alpha value is -2.69. The van der Waals surface area contributed by atoms with Crippen molar-refractivity contribution in [3.8, 4) is 11.6 Å². The molecule has 1 saturated carbocycles. The van der Waals surface area contributed by atoms with E-state index in [9.17, 15) is 4.79 Å². The van der Waals surface area contributed by atoms with Gasteiger partial charge >= 0.3 is 0 Å². The van der Waals surface area contributed by atoms with Crippen molar-refractivity contribution < 1.29 is 9.21 Å². The highest BCUT2D eigenvalue weighted by Gasteiger charge is 2.18. The van der Waals surface area contributed by atoms with Crippen molar-refractivity contribution in [3.63, 3.8) is 0 Å². The van der Waals surface area contributed by atoms with E-state index >= 15 is 0 Å². The first-order chi connectivity index (χ1) is 12.2. The van der Waals surface area contributed by atoms with Gasteiger partial charge in [0.05, 0.1) is 0 Å². The summed E-state index contributed by atoms with van der Waals surface area (Å²) in [4.78, 5) is 21.4. The predicted octanol–water partition coefficient (Wildman–Crippen LogP) is 4.26. The number of rotatable bonds is 3. The molecule has 0 aliphatic heterocycles. The van der Waals surface area contributed by atoms with E-state index in [0.717, 1.165) is 24.1 Å². The van der Waals surface area contributed by atoms with Gasteiger partial charge in [-0.25, -0.2) is 9.97 Å². The Kier molecular flexibility index (Phi) is 4.22. The lowest BCUT2D eigenvalue weighted by Crippen LogP contribution is -2.36. The molecule has 3 aromatic rings. The van der Waals surface area contributed by atoms with Crippen molar-refractivity contribution >= 4 is 17.0 Å². The maximum atomic E-state index is 12.5. The Labute approximate surface area is 146 Å². The summed E-state index contributed by atoms with van der Waals surface area (Å²) in [6.07, 6.45) is 5.79. The molecule has 128 valence electrons. The molecule has 2 aromatic heterocycles. The Bertz CT molecular complexity index is 910. The lowest BCUT2D eigenvalue weighted by Gasteiger charge is -2.22. The van der Waals surface area contributed by atoms with Crippen molar-refractivity contribution in [1.29, 1.82) is 0 Å². The van der Waals surface area contributed by atoms with Gasteiger partial charge in [-0.05, 0) is 50.1 Å². The smallest absolute Gasteiger partial charge is 0.251 e. The van der Waals surface area contributed by atoms with Crippen LogP contribution < -0.4 is 5.32 Å². The molecule has 5 heteroatoms. The first kappa shape index (κ1) is 15.8. The summed E-state index contributed by atoms with van der Waals surface area (Å²) >= 11 is 0. The highest BCUT2D eigenvalue weighted by atomic mass is 16.3. The zero-order valence-electron chi connectivity index (χ0n) is 14.3. The average Bonchev–Trinajstić information content (AvgIpc) is 3.06. The fraction of sp³-hybridized carbons (Fsp3) is 0.350. The molecular weight excluding hydrogens is 314 g/mol. The van der Waals surface area contributed by atoms with Crippen LogP contribution in [0.1, 0.15) is 48.2 Å². The summed E-state index contributed by atoms with van der Waals surface area (Å²) < 4.78 is 5.84. The van der Waals surface area contributed by atoms with Crippen LogP contribution in [-0.2, 0) is 0 Å². The molecule has 1 aliphatic rings. The van der Waals surface area contributed by atoms with E-state index in [1.165, 1.54) is 19.3 Å². The molecule has 0 saturated heterocycles. The van der Waals surface area contributed by atoms with E-state index in [1.807, 2.05) is 31.2 Å². The lowest BCUT2D eigenvalue weighted by atomic mass is 9.95. The molecule has 0 bridgehead atoms. The van der Waals surface area contributed by atoms with E-state index in [2.05, 4.69) is 15.3 Å². The second-order valence-corrected chi connectivity index (χ2v) is 6.67. The maximum absolute atomic E-state index is 12.5. The Morgan fingerprint density at radius 2 is 1.96 bits per heavy atom. The molecule has 0 unspecified atom stereocenters. The van der Waals surface area contributed by atoms with Crippen LogP contribution in [-0.4, -0.2) is 21.9 Å². The zero-order chi connectivity index (χ0) is 17.2. The number of aryl methyl sites for hydroxylation is 1. The number of oxazole rings is 1. The van der Waals surface area contributed by atoms with Gasteiger partial charge in [-0.15, -0.1) is 0 Å². The number of carbonyl (C=O) groups is 1. The average molecular weight is 335 g/mol. The van der Waals surface area contributed by atoms with Crippen LogP contribution in [0.25, 0.3) is 22.7 Å². The minimum absolute atomic E-state index is 0.0413. The summed E-state index contributed by atoms with van der Waals surface area (Å²) in [6.45, 7) is 1.93. The minimum atomic E-state index is -0.0413. The summed E-state index contributed by atoms with van der Waals surface area (Å²) in [5.74, 6) is 0.434. The molecular formula is C20H21N3O2. The third kappa shape index (κ3) is 3.40. The van der Waals surface area contributed by atoms with Gasteiger partial charge in [0.25, 0.3) is 5.91 Å². The first-order valence-corrected chi connectivity index (χ1v) is 8.84. The Morgan fingerprint density at radius 1 is 1.12 bits per heavy atom. The number of pyridine rings is 1. The number of aromatic nitrogens is 2. The molecule has 1 aromatic carbocycles. The normalized spacial score (nSPS) is 15.4. The van der Waals surface area contributed by atoms with Crippen LogP contribution in [0, 0.1) is 6.92 Å². The van der Waals surface area contributed by atoms with Crippen molar-refractivity contribution in [2.45, 2.75) is 45.1 Å². The highest BCUT2D eigenvalue weighted by Crippen LogP contribution is 2.24. The second kappa shape index (κ2) is 6.67. The number of fused-ring (bicyclic) bond motifs is 1. The number of hydrogen-bond donors (Lipinski definition) is 1. The number of benzene rings is 1. The quantitative estimate of drug-likeness (QED) is 0.776. The van der Waals surface area contributed by atoms with Crippen molar-refractivity contribution in [1.82, 2.24) is 15.3 Å². The molecule has 5 nitrogen and oxygen atoms in total. The fourth-order valence-electron chi connectivity index (χ4n) is 3.35. The molecule has 0 spiro atoms. The molecule has 0 atom stereocenters. The number of carbonyl (C=O) groups excluding carboxylic acids is 1. The maximum Gasteiger partial charge on any atom is 0.251 e. The third-order valence-corrected chi connectivity index (χ3v) is 4.70. The first-order valence-electron chi connectivity index (χ1n) is 8.84. The molecule has 1 fully saturated rings. The second-order valence-electron chi connectivity index (χ2n) is 6.67. The van der Waals surface area contributed by atoms with Crippen LogP contribution in [0.5, 0.6) is 0 Å². The summed E-state index contributed by atoms with van der Waals surface area (Å²) in [6, 6.07) is 11.4. The standard InChI is InChI=1S/C20H21N3O2/c1-13-6-5-9-17(21-13)20-23-16-11-10-14(12-18(16)25-20)19(24)22-15-7-3-2-4-8-15/h5-6,9-12,15H,2-4,7-8H2,1H3,(H,22,24). The van der Waals surface area contributed by atoms with Gasteiger partial charge in [-0.2, -0.15) is 0 Å². The van der Waals surface area contributed by atoms with Gasteiger partial charge in [-0.1, -0.05) is 25.3 Å². The van der Waals surface area contributed by atoms with Crippen LogP contribution in [0.15, 0.2) is 40.8 Å².